The van der Waals surface area contributed by atoms with Gasteiger partial charge in [-0.05, 0) is 55.6 Å². The van der Waals surface area contributed by atoms with E-state index in [0.29, 0.717) is 30.0 Å². The Kier molecular flexibility index (Phi) is 4.92. The van der Waals surface area contributed by atoms with Crippen LogP contribution >= 0.6 is 0 Å². The number of hydrogen-bond acceptors (Lipinski definition) is 7. The second-order valence-corrected chi connectivity index (χ2v) is 7.67. The maximum Gasteiger partial charge on any atom is 0.306 e. The van der Waals surface area contributed by atoms with Crippen LogP contribution < -0.4 is 11.1 Å². The number of fused-ring (bicyclic) bond motifs is 2. The first kappa shape index (κ1) is 17.7. The lowest BCUT2D eigenvalue weighted by molar-refractivity contribution is -0.146. The highest BCUT2D eigenvalue weighted by atomic mass is 16.5. The Bertz CT molecular complexity index is 841. The lowest BCUT2D eigenvalue weighted by Crippen LogP contribution is -2.17. The van der Waals surface area contributed by atoms with Crippen LogP contribution in [0.5, 0.6) is 0 Å². The number of hydrogen-bond donors (Lipinski definition) is 2. The third kappa shape index (κ3) is 4.18. The summed E-state index contributed by atoms with van der Waals surface area (Å²) < 4.78 is 5.41. The van der Waals surface area contributed by atoms with Crippen molar-refractivity contribution in [3.05, 3.63) is 35.7 Å². The minimum absolute atomic E-state index is 0.00875. The van der Waals surface area contributed by atoms with Crippen LogP contribution in [0.15, 0.2) is 24.3 Å². The lowest BCUT2D eigenvalue weighted by atomic mass is 9.86. The van der Waals surface area contributed by atoms with Crippen molar-refractivity contribution in [2.24, 2.45) is 17.8 Å². The fourth-order valence-corrected chi connectivity index (χ4v) is 4.44. The summed E-state index contributed by atoms with van der Waals surface area (Å²) in [6, 6.07) is 7.82. The molecule has 2 aliphatic rings. The Labute approximate surface area is 158 Å². The van der Waals surface area contributed by atoms with E-state index < -0.39 is 0 Å². The number of ether oxygens (including phenoxy) is 1. The molecule has 2 aromatic rings. The standard InChI is InChI=1S/C20H25N5O2/c1-12-4-2-3-5-16(12)22-20-24-17(23-19(21)25-20)11-27-18(26)10-15-9-13-6-7-14(15)8-13/h2-5,13-15H,6-11H2,1H3,(H3,21,22,23,24,25)/t13-,14+,15+/m0/s1. The van der Waals surface area contributed by atoms with Crippen molar-refractivity contribution in [1.82, 2.24) is 15.0 Å². The van der Waals surface area contributed by atoms with Gasteiger partial charge >= 0.3 is 5.97 Å². The van der Waals surface area contributed by atoms with Crippen LogP contribution in [0.4, 0.5) is 17.6 Å². The molecule has 0 spiro atoms. The van der Waals surface area contributed by atoms with Crippen molar-refractivity contribution in [2.75, 3.05) is 11.1 Å². The Morgan fingerprint density at radius 3 is 2.81 bits per heavy atom. The second kappa shape index (κ2) is 7.50. The minimum atomic E-state index is -0.181. The van der Waals surface area contributed by atoms with Crippen LogP contribution in [-0.2, 0) is 16.1 Å². The van der Waals surface area contributed by atoms with Crippen LogP contribution in [0.1, 0.15) is 43.5 Å². The van der Waals surface area contributed by atoms with E-state index in [1.807, 2.05) is 31.2 Å². The number of nitrogens with zero attached hydrogens (tertiary/aromatic N) is 3. The third-order valence-corrected chi connectivity index (χ3v) is 5.77. The monoisotopic (exact) mass is 367 g/mol. The van der Waals surface area contributed by atoms with E-state index in [2.05, 4.69) is 20.3 Å². The van der Waals surface area contributed by atoms with Gasteiger partial charge in [0.05, 0.1) is 0 Å². The van der Waals surface area contributed by atoms with Gasteiger partial charge in [0.25, 0.3) is 0 Å². The molecule has 1 aromatic heterocycles. The van der Waals surface area contributed by atoms with Crippen LogP contribution in [0, 0.1) is 24.7 Å². The fourth-order valence-electron chi connectivity index (χ4n) is 4.44. The minimum Gasteiger partial charge on any atom is -0.457 e. The molecule has 0 aliphatic heterocycles. The zero-order valence-electron chi connectivity index (χ0n) is 15.5. The summed E-state index contributed by atoms with van der Waals surface area (Å²) in [7, 11) is 0. The Morgan fingerprint density at radius 2 is 2.07 bits per heavy atom. The maximum absolute atomic E-state index is 12.2. The van der Waals surface area contributed by atoms with E-state index in [0.717, 1.165) is 17.2 Å². The molecule has 1 heterocycles. The molecule has 0 saturated heterocycles. The maximum atomic E-state index is 12.2. The van der Waals surface area contributed by atoms with Gasteiger partial charge in [-0.1, -0.05) is 24.6 Å². The molecule has 3 N–H and O–H groups in total. The number of benzene rings is 1. The molecule has 1 aromatic carbocycles. The number of aryl methyl sites for hydroxylation is 1. The molecule has 2 aliphatic carbocycles. The van der Waals surface area contributed by atoms with Crippen molar-refractivity contribution in [2.45, 2.75) is 45.6 Å². The van der Waals surface area contributed by atoms with Crippen molar-refractivity contribution < 1.29 is 9.53 Å². The van der Waals surface area contributed by atoms with E-state index in [9.17, 15) is 4.79 Å². The second-order valence-electron chi connectivity index (χ2n) is 7.67. The number of nitrogen functional groups attached to an aromatic ring is 1. The molecule has 2 saturated carbocycles. The van der Waals surface area contributed by atoms with Crippen molar-refractivity contribution >= 4 is 23.6 Å². The van der Waals surface area contributed by atoms with Crippen LogP contribution in [0.3, 0.4) is 0 Å². The number of aromatic nitrogens is 3. The predicted molar refractivity (Wildman–Crippen MR) is 102 cm³/mol. The van der Waals surface area contributed by atoms with Gasteiger partial charge in [0.15, 0.2) is 12.4 Å². The van der Waals surface area contributed by atoms with Gasteiger partial charge in [0, 0.05) is 12.1 Å². The molecule has 142 valence electrons. The summed E-state index contributed by atoms with van der Waals surface area (Å²) in [5, 5.41) is 3.14. The molecule has 0 radical (unpaired) electrons. The number of nitrogens with two attached hydrogens (primary N) is 1. The summed E-state index contributed by atoms with van der Waals surface area (Å²) in [6.45, 7) is 2.00. The summed E-state index contributed by atoms with van der Waals surface area (Å²) in [5.41, 5.74) is 7.74. The molecule has 4 rings (SSSR count). The Hall–Kier alpha value is -2.70. The summed E-state index contributed by atoms with van der Waals surface area (Å²) >= 11 is 0. The molecule has 0 amide bonds. The molecule has 27 heavy (non-hydrogen) atoms. The highest BCUT2D eigenvalue weighted by Gasteiger charge is 2.40. The highest BCUT2D eigenvalue weighted by Crippen LogP contribution is 2.49. The smallest absolute Gasteiger partial charge is 0.306 e. The van der Waals surface area contributed by atoms with Gasteiger partial charge in [-0.15, -0.1) is 0 Å². The zero-order valence-corrected chi connectivity index (χ0v) is 15.5. The quantitative estimate of drug-likeness (QED) is 0.754. The van der Waals surface area contributed by atoms with Gasteiger partial charge < -0.3 is 15.8 Å². The summed E-state index contributed by atoms with van der Waals surface area (Å²) in [4.78, 5) is 24.7. The Morgan fingerprint density at radius 1 is 1.22 bits per heavy atom. The molecule has 3 atom stereocenters. The van der Waals surface area contributed by atoms with Crippen molar-refractivity contribution in [3.63, 3.8) is 0 Å². The van der Waals surface area contributed by atoms with E-state index in [1.54, 1.807) is 0 Å². The first-order valence-corrected chi connectivity index (χ1v) is 9.55. The number of nitrogens with one attached hydrogen (secondary N) is 1. The Balaban J connectivity index is 1.35. The largest absolute Gasteiger partial charge is 0.457 e. The van der Waals surface area contributed by atoms with Gasteiger partial charge in [-0.3, -0.25) is 4.79 Å². The van der Waals surface area contributed by atoms with Crippen LogP contribution in [0.2, 0.25) is 0 Å². The molecular weight excluding hydrogens is 342 g/mol. The number of anilines is 3. The summed E-state index contributed by atoms with van der Waals surface area (Å²) in [5.74, 6) is 2.63. The molecular formula is C20H25N5O2. The number of esters is 1. The van der Waals surface area contributed by atoms with Crippen molar-refractivity contribution in [3.8, 4) is 0 Å². The number of carbonyl (C=O) groups excluding carboxylic acids is 1. The lowest BCUT2D eigenvalue weighted by Gasteiger charge is -2.20. The van der Waals surface area contributed by atoms with Gasteiger partial charge in [-0.25, -0.2) is 0 Å². The normalized spacial score (nSPS) is 23.4. The van der Waals surface area contributed by atoms with Gasteiger partial charge in [0.2, 0.25) is 11.9 Å². The molecule has 2 bridgehead atoms. The number of carbonyl (C=O) groups is 1. The average Bonchev–Trinajstić information content (AvgIpc) is 3.25. The third-order valence-electron chi connectivity index (χ3n) is 5.77. The van der Waals surface area contributed by atoms with E-state index in [-0.39, 0.29) is 18.5 Å². The SMILES string of the molecule is Cc1ccccc1Nc1nc(N)nc(COC(=O)C[C@H]2C[C@H]3CC[C@@H]2C3)n1. The topological polar surface area (TPSA) is 103 Å². The molecule has 2 fully saturated rings. The first-order valence-electron chi connectivity index (χ1n) is 9.55. The van der Waals surface area contributed by atoms with Gasteiger partial charge in [-0.2, -0.15) is 15.0 Å². The fraction of sp³-hybridized carbons (Fsp3) is 0.500. The molecule has 7 nitrogen and oxygen atoms in total. The van der Waals surface area contributed by atoms with Crippen LogP contribution in [0.25, 0.3) is 0 Å². The van der Waals surface area contributed by atoms with Crippen LogP contribution in [-0.4, -0.2) is 20.9 Å². The van der Waals surface area contributed by atoms with E-state index >= 15 is 0 Å². The highest BCUT2D eigenvalue weighted by molar-refractivity contribution is 5.69. The summed E-state index contributed by atoms with van der Waals surface area (Å²) in [6.07, 6.45) is 5.55. The predicted octanol–water partition coefficient (Wildman–Crippen LogP) is 3.38. The first-order chi connectivity index (χ1) is 13.1. The number of para-hydroxylation sites is 1. The molecule has 0 unspecified atom stereocenters. The number of rotatable bonds is 6. The van der Waals surface area contributed by atoms with Gasteiger partial charge in [0.1, 0.15) is 0 Å². The zero-order chi connectivity index (χ0) is 18.8. The van der Waals surface area contributed by atoms with Crippen molar-refractivity contribution in [1.29, 1.82) is 0 Å². The molecule has 7 heteroatoms. The average molecular weight is 367 g/mol. The van der Waals surface area contributed by atoms with E-state index in [1.165, 1.54) is 25.7 Å². The van der Waals surface area contributed by atoms with E-state index in [4.69, 9.17) is 10.5 Å².